The largest absolute Gasteiger partial charge is 0.341 e. The van der Waals surface area contributed by atoms with Crippen LogP contribution < -0.4 is 4.90 Å². The van der Waals surface area contributed by atoms with Crippen LogP contribution in [0.3, 0.4) is 0 Å². The van der Waals surface area contributed by atoms with Crippen molar-refractivity contribution < 1.29 is 22.4 Å². The smallest absolute Gasteiger partial charge is 0.250 e. The molecule has 9 heteroatoms. The van der Waals surface area contributed by atoms with E-state index in [1.165, 1.54) is 27.4 Å². The van der Waals surface area contributed by atoms with Crippen molar-refractivity contribution >= 4 is 27.5 Å². The Morgan fingerprint density at radius 2 is 1.74 bits per heavy atom. The summed E-state index contributed by atoms with van der Waals surface area (Å²) in [5.74, 6) is -1.04. The van der Waals surface area contributed by atoms with Crippen molar-refractivity contribution in [3.05, 3.63) is 65.5 Å². The first-order valence-corrected chi connectivity index (χ1v) is 15.2. The molecule has 0 spiro atoms. The molecule has 1 unspecified atom stereocenters. The zero-order chi connectivity index (χ0) is 27.3. The Morgan fingerprint density at radius 1 is 1.03 bits per heavy atom. The number of amides is 2. The second-order valence-corrected chi connectivity index (χ2v) is 12.5. The van der Waals surface area contributed by atoms with Gasteiger partial charge in [0.1, 0.15) is 11.9 Å². The van der Waals surface area contributed by atoms with Gasteiger partial charge in [-0.15, -0.1) is 0 Å². The molecule has 0 bridgehead atoms. The lowest BCUT2D eigenvalue weighted by Gasteiger charge is -2.38. The van der Waals surface area contributed by atoms with Crippen molar-refractivity contribution in [2.45, 2.75) is 70.4 Å². The van der Waals surface area contributed by atoms with E-state index in [0.29, 0.717) is 37.2 Å². The molecule has 2 aromatic carbocycles. The quantitative estimate of drug-likeness (QED) is 0.301. The number of carbonyl (C=O) groups excluding carboxylic acids is 2. The third-order valence-corrected chi connectivity index (χ3v) is 9.60. The molecule has 206 valence electrons. The topological polar surface area (TPSA) is 77.8 Å². The van der Waals surface area contributed by atoms with Crippen LogP contribution in [0.4, 0.5) is 10.1 Å². The minimum Gasteiger partial charge on any atom is -0.341 e. The summed E-state index contributed by atoms with van der Waals surface area (Å²) in [5.41, 5.74) is 1.87. The molecule has 1 aliphatic carbocycles. The first-order valence-electron chi connectivity index (χ1n) is 13.6. The van der Waals surface area contributed by atoms with Crippen LogP contribution in [0.5, 0.6) is 0 Å². The van der Waals surface area contributed by atoms with E-state index in [1.807, 2.05) is 31.2 Å². The van der Waals surface area contributed by atoms with Crippen LogP contribution in [0, 0.1) is 12.7 Å². The van der Waals surface area contributed by atoms with Gasteiger partial charge in [-0.3, -0.25) is 14.5 Å². The molecular weight excluding hydrogens is 505 g/mol. The van der Waals surface area contributed by atoms with Gasteiger partial charge in [0, 0.05) is 38.3 Å². The molecule has 2 fully saturated rings. The zero-order valence-electron chi connectivity index (χ0n) is 22.3. The molecule has 7 nitrogen and oxygen atoms in total. The van der Waals surface area contributed by atoms with Gasteiger partial charge in [-0.1, -0.05) is 49.6 Å². The van der Waals surface area contributed by atoms with Crippen molar-refractivity contribution in [3.8, 4) is 0 Å². The van der Waals surface area contributed by atoms with Crippen LogP contribution in [-0.4, -0.2) is 61.4 Å². The number of rotatable bonds is 11. The normalized spacial score (nSPS) is 17.1. The fraction of sp³-hybridized carbons (Fsp3) is 0.517. The number of hydrogen-bond donors (Lipinski definition) is 0. The molecule has 2 aliphatic rings. The molecule has 0 N–H and O–H groups in total. The molecular formula is C29H38FN3O4S. The molecule has 1 heterocycles. The van der Waals surface area contributed by atoms with E-state index < -0.39 is 21.9 Å². The summed E-state index contributed by atoms with van der Waals surface area (Å²) in [6.07, 6.45) is 5.85. The summed E-state index contributed by atoms with van der Waals surface area (Å²) in [7, 11) is -1.47. The van der Waals surface area contributed by atoms with Crippen LogP contribution in [0.2, 0.25) is 0 Å². The third-order valence-electron chi connectivity index (χ3n) is 7.64. The predicted molar refractivity (Wildman–Crippen MR) is 147 cm³/mol. The average Bonchev–Trinajstić information content (AvgIpc) is 3.76. The van der Waals surface area contributed by atoms with Crippen LogP contribution in [0.1, 0.15) is 68.5 Å². The van der Waals surface area contributed by atoms with Gasteiger partial charge < -0.3 is 4.90 Å². The number of unbranched alkanes of at least 4 members (excludes halogenated alkanes) is 1. The van der Waals surface area contributed by atoms with E-state index in [4.69, 9.17) is 0 Å². The van der Waals surface area contributed by atoms with Crippen molar-refractivity contribution in [2.24, 2.45) is 0 Å². The van der Waals surface area contributed by atoms with Gasteiger partial charge in [-0.2, -0.15) is 4.31 Å². The highest BCUT2D eigenvalue weighted by Gasteiger charge is 2.37. The molecule has 4 rings (SSSR count). The van der Waals surface area contributed by atoms with E-state index in [-0.39, 0.29) is 30.0 Å². The molecule has 1 saturated heterocycles. The number of halogens is 1. The van der Waals surface area contributed by atoms with E-state index in [1.54, 1.807) is 18.0 Å². The van der Waals surface area contributed by atoms with E-state index in [9.17, 15) is 22.4 Å². The summed E-state index contributed by atoms with van der Waals surface area (Å²) >= 11 is 0. The molecule has 0 aromatic heterocycles. The summed E-state index contributed by atoms with van der Waals surface area (Å²) in [6.45, 7) is 3.02. The lowest BCUT2D eigenvalue weighted by atomic mass is 9.92. The van der Waals surface area contributed by atoms with Gasteiger partial charge in [0.15, 0.2) is 0 Å². The highest BCUT2D eigenvalue weighted by atomic mass is 32.2. The zero-order valence-corrected chi connectivity index (χ0v) is 23.1. The van der Waals surface area contributed by atoms with Gasteiger partial charge >= 0.3 is 0 Å². The Labute approximate surface area is 225 Å². The minimum absolute atomic E-state index is 0.00911. The second kappa shape index (κ2) is 12.4. The van der Waals surface area contributed by atoms with E-state index in [0.717, 1.165) is 37.7 Å². The Bertz CT molecular complexity index is 1240. The molecule has 2 aromatic rings. The van der Waals surface area contributed by atoms with Gasteiger partial charge in [-0.25, -0.2) is 12.8 Å². The van der Waals surface area contributed by atoms with Gasteiger partial charge in [0.05, 0.1) is 5.75 Å². The highest BCUT2D eigenvalue weighted by Crippen LogP contribution is 2.34. The van der Waals surface area contributed by atoms with E-state index in [2.05, 4.69) is 0 Å². The molecule has 1 atom stereocenters. The highest BCUT2D eigenvalue weighted by molar-refractivity contribution is 7.89. The van der Waals surface area contributed by atoms with Gasteiger partial charge in [0.2, 0.25) is 21.8 Å². The monoisotopic (exact) mass is 543 g/mol. The number of anilines is 1. The van der Waals surface area contributed by atoms with Crippen molar-refractivity contribution in [1.82, 2.24) is 9.21 Å². The number of aryl methyl sites for hydroxylation is 1. The second-order valence-electron chi connectivity index (χ2n) is 10.4. The van der Waals surface area contributed by atoms with Crippen molar-refractivity contribution in [2.75, 3.05) is 30.8 Å². The molecule has 1 saturated carbocycles. The fourth-order valence-electron chi connectivity index (χ4n) is 5.31. The maximum absolute atomic E-state index is 14.4. The Morgan fingerprint density at radius 3 is 2.39 bits per heavy atom. The lowest BCUT2D eigenvalue weighted by Crippen LogP contribution is -2.48. The molecule has 0 radical (unpaired) electrons. The summed E-state index contributed by atoms with van der Waals surface area (Å²) < 4.78 is 40.2. The summed E-state index contributed by atoms with van der Waals surface area (Å²) in [4.78, 5) is 31.2. The summed E-state index contributed by atoms with van der Waals surface area (Å²) in [5, 5.41) is 0. The predicted octanol–water partition coefficient (Wildman–Crippen LogP) is 4.82. The SMILES string of the molecule is Cc1ccccc1C(C(=O)N(C)C1CCCCC1)N(C(=O)CCCCS(=O)(=O)N1CC1)c1cccc(F)c1. The maximum atomic E-state index is 14.4. The number of sulfonamides is 1. The van der Waals surface area contributed by atoms with Gasteiger partial charge in [-0.05, 0) is 61.9 Å². The van der Waals surface area contributed by atoms with Crippen LogP contribution in [0.25, 0.3) is 0 Å². The first-order chi connectivity index (χ1) is 18.2. The van der Waals surface area contributed by atoms with Gasteiger partial charge in [0.25, 0.3) is 0 Å². The maximum Gasteiger partial charge on any atom is 0.250 e. The van der Waals surface area contributed by atoms with E-state index >= 15 is 0 Å². The third kappa shape index (κ3) is 6.80. The fourth-order valence-corrected chi connectivity index (χ4v) is 6.77. The standard InChI is InChI=1S/C29H38FN3O4S/c1-22-11-6-7-16-26(22)28(29(35)31(2)24-13-4-3-5-14-24)33(25-15-10-12-23(30)21-25)27(34)17-8-9-20-38(36,37)32-18-19-32/h6-7,10-12,15-16,21,24,28H,3-5,8-9,13-14,17-20H2,1-2H3. The Kier molecular flexibility index (Phi) is 9.20. The number of hydrogen-bond acceptors (Lipinski definition) is 4. The first kappa shape index (κ1) is 28.2. The number of carbonyl (C=O) groups is 2. The minimum atomic E-state index is -3.27. The molecule has 1 aliphatic heterocycles. The van der Waals surface area contributed by atoms with Crippen LogP contribution >= 0.6 is 0 Å². The Balaban J connectivity index is 1.65. The number of nitrogens with zero attached hydrogens (tertiary/aromatic N) is 3. The number of likely N-dealkylation sites (N-methyl/N-ethyl adjacent to an activating group) is 1. The summed E-state index contributed by atoms with van der Waals surface area (Å²) in [6, 6.07) is 12.4. The number of benzene rings is 2. The molecule has 38 heavy (non-hydrogen) atoms. The van der Waals surface area contributed by atoms with Crippen LogP contribution in [0.15, 0.2) is 48.5 Å². The molecule has 2 amide bonds. The lowest BCUT2D eigenvalue weighted by molar-refractivity contribution is -0.136. The Hall–Kier alpha value is -2.78. The average molecular weight is 544 g/mol. The van der Waals surface area contributed by atoms with Crippen LogP contribution in [-0.2, 0) is 19.6 Å². The van der Waals surface area contributed by atoms with Crippen molar-refractivity contribution in [3.63, 3.8) is 0 Å². The van der Waals surface area contributed by atoms with Crippen molar-refractivity contribution in [1.29, 1.82) is 0 Å².